The number of hydrogen-bond acceptors (Lipinski definition) is 8. The summed E-state index contributed by atoms with van der Waals surface area (Å²) in [6.07, 6.45) is -2.33. The molecule has 3 N–H and O–H groups in total. The maximum absolute atomic E-state index is 12.7. The van der Waals surface area contributed by atoms with Crippen LogP contribution in [0.4, 0.5) is 4.79 Å². The van der Waals surface area contributed by atoms with Gasteiger partial charge in [0.15, 0.2) is 5.60 Å². The van der Waals surface area contributed by atoms with Gasteiger partial charge in [-0.15, -0.1) is 0 Å². The van der Waals surface area contributed by atoms with Crippen molar-refractivity contribution in [1.82, 2.24) is 5.32 Å². The molecule has 2 atom stereocenters. The molecule has 0 aliphatic rings. The molecule has 0 bridgehead atoms. The van der Waals surface area contributed by atoms with Gasteiger partial charge in [-0.05, 0) is 67.8 Å². The number of nitrogens with one attached hydrogen (secondary N) is 1. The Hall–Kier alpha value is -4.08. The van der Waals surface area contributed by atoms with E-state index in [0.29, 0.717) is 29.3 Å². The Morgan fingerprint density at radius 3 is 2.17 bits per heavy atom. The molecule has 212 valence electrons. The number of carbonyl (C=O) groups is 3. The van der Waals surface area contributed by atoms with Crippen LogP contribution < -0.4 is 15.8 Å². The minimum absolute atomic E-state index is 0.0605. The van der Waals surface area contributed by atoms with Crippen LogP contribution in [0.3, 0.4) is 0 Å². The van der Waals surface area contributed by atoms with Crippen molar-refractivity contribution in [3.8, 4) is 5.75 Å². The average Bonchev–Trinajstić information content (AvgIpc) is 2.93. The number of hydrogen-bond donors (Lipinski definition) is 2. The standard InChI is InChI=1S/C30H33ClN2O7/c1-20(38-29(36)39-26(19-32)22-7-5-4-6-8-22)37-28(35)30(2,3)40-25-15-9-21(10-16-25)17-18-33-27(34)23-11-13-24(31)14-12-23/h4-16,20,26H,17-19,32H2,1-3H3,(H,33,34). The fraction of sp³-hybridized carbons (Fsp3) is 0.300. The van der Waals surface area contributed by atoms with E-state index in [9.17, 15) is 14.4 Å². The van der Waals surface area contributed by atoms with Crippen LogP contribution in [0.1, 0.15) is 48.4 Å². The van der Waals surface area contributed by atoms with E-state index in [1.54, 1.807) is 74.5 Å². The summed E-state index contributed by atoms with van der Waals surface area (Å²) in [5.74, 6) is -0.475. The third-order valence-corrected chi connectivity index (χ3v) is 6.00. The summed E-state index contributed by atoms with van der Waals surface area (Å²) in [5, 5.41) is 3.43. The molecule has 0 saturated carbocycles. The van der Waals surface area contributed by atoms with Crippen LogP contribution in [0.15, 0.2) is 78.9 Å². The fourth-order valence-electron chi connectivity index (χ4n) is 3.60. The largest absolute Gasteiger partial charge is 0.512 e. The SMILES string of the molecule is CC(OC(=O)OC(CN)c1ccccc1)OC(=O)C(C)(C)Oc1ccc(CCNC(=O)c2ccc(Cl)cc2)cc1. The van der Waals surface area contributed by atoms with Crippen molar-refractivity contribution in [1.29, 1.82) is 0 Å². The van der Waals surface area contributed by atoms with Crippen molar-refractivity contribution in [3.63, 3.8) is 0 Å². The first-order valence-electron chi connectivity index (χ1n) is 12.7. The van der Waals surface area contributed by atoms with Gasteiger partial charge in [0.25, 0.3) is 5.91 Å². The summed E-state index contributed by atoms with van der Waals surface area (Å²) < 4.78 is 21.4. The Bertz CT molecular complexity index is 1270. The van der Waals surface area contributed by atoms with Crippen molar-refractivity contribution in [2.75, 3.05) is 13.1 Å². The highest BCUT2D eigenvalue weighted by Crippen LogP contribution is 2.22. The summed E-state index contributed by atoms with van der Waals surface area (Å²) in [5.41, 5.74) is 6.55. The second-order valence-electron chi connectivity index (χ2n) is 9.36. The second-order valence-corrected chi connectivity index (χ2v) is 9.80. The Balaban J connectivity index is 1.44. The topological polar surface area (TPSA) is 126 Å². The molecular weight excluding hydrogens is 536 g/mol. The lowest BCUT2D eigenvalue weighted by molar-refractivity contribution is -0.183. The van der Waals surface area contributed by atoms with Gasteiger partial charge < -0.3 is 30.0 Å². The third-order valence-electron chi connectivity index (χ3n) is 5.75. The molecule has 0 saturated heterocycles. The quantitative estimate of drug-likeness (QED) is 0.225. The van der Waals surface area contributed by atoms with E-state index in [-0.39, 0.29) is 12.5 Å². The molecular formula is C30H33ClN2O7. The zero-order valence-electron chi connectivity index (χ0n) is 22.6. The normalized spacial score (nSPS) is 12.5. The highest BCUT2D eigenvalue weighted by Gasteiger charge is 2.34. The molecule has 0 aliphatic carbocycles. The molecule has 0 aromatic heterocycles. The van der Waals surface area contributed by atoms with Crippen LogP contribution in [-0.2, 0) is 25.4 Å². The molecule has 0 aliphatic heterocycles. The maximum Gasteiger partial charge on any atom is 0.512 e. The summed E-state index contributed by atoms with van der Waals surface area (Å²) >= 11 is 5.85. The first-order valence-corrected chi connectivity index (χ1v) is 13.1. The number of ether oxygens (including phenoxy) is 4. The molecule has 2 unspecified atom stereocenters. The molecule has 3 aromatic carbocycles. The van der Waals surface area contributed by atoms with Gasteiger partial charge in [-0.25, -0.2) is 9.59 Å². The highest BCUT2D eigenvalue weighted by atomic mass is 35.5. The van der Waals surface area contributed by atoms with E-state index in [4.69, 9.17) is 36.3 Å². The zero-order valence-corrected chi connectivity index (χ0v) is 23.4. The van der Waals surface area contributed by atoms with Crippen molar-refractivity contribution in [2.24, 2.45) is 5.73 Å². The summed E-state index contributed by atoms with van der Waals surface area (Å²) in [7, 11) is 0. The van der Waals surface area contributed by atoms with Gasteiger partial charge in [-0.1, -0.05) is 54.1 Å². The molecule has 0 radical (unpaired) electrons. The average molecular weight is 569 g/mol. The van der Waals surface area contributed by atoms with Gasteiger partial charge in [0.2, 0.25) is 6.29 Å². The molecule has 0 spiro atoms. The van der Waals surface area contributed by atoms with Gasteiger partial charge in [0.05, 0.1) is 0 Å². The lowest BCUT2D eigenvalue weighted by Gasteiger charge is -2.26. The molecule has 10 heteroatoms. The van der Waals surface area contributed by atoms with Gasteiger partial charge >= 0.3 is 12.1 Å². The number of amides is 1. The number of carbonyl (C=O) groups excluding carboxylic acids is 3. The molecule has 9 nitrogen and oxygen atoms in total. The van der Waals surface area contributed by atoms with E-state index < -0.39 is 30.1 Å². The second kappa shape index (κ2) is 14.3. The molecule has 3 aromatic rings. The van der Waals surface area contributed by atoms with E-state index in [1.165, 1.54) is 6.92 Å². The van der Waals surface area contributed by atoms with Gasteiger partial charge in [-0.3, -0.25) is 4.79 Å². The first-order chi connectivity index (χ1) is 19.1. The summed E-state index contributed by atoms with van der Waals surface area (Å²) in [4.78, 5) is 37.1. The van der Waals surface area contributed by atoms with Crippen molar-refractivity contribution >= 4 is 29.6 Å². The van der Waals surface area contributed by atoms with Crippen molar-refractivity contribution in [2.45, 2.75) is 45.2 Å². The number of esters is 1. The summed E-state index contributed by atoms with van der Waals surface area (Å²) in [6.45, 7) is 4.98. The van der Waals surface area contributed by atoms with Crippen molar-refractivity contribution in [3.05, 3.63) is 101 Å². The lowest BCUT2D eigenvalue weighted by Crippen LogP contribution is -2.42. The van der Waals surface area contributed by atoms with Crippen molar-refractivity contribution < 1.29 is 33.3 Å². The maximum atomic E-state index is 12.7. The van der Waals surface area contributed by atoms with Gasteiger partial charge in [-0.2, -0.15) is 0 Å². The molecule has 0 heterocycles. The smallest absolute Gasteiger partial charge is 0.476 e. The van der Waals surface area contributed by atoms with Crippen LogP contribution in [0, 0.1) is 0 Å². The van der Waals surface area contributed by atoms with E-state index in [1.807, 2.05) is 18.2 Å². The van der Waals surface area contributed by atoms with Crippen LogP contribution in [0.5, 0.6) is 5.75 Å². The third kappa shape index (κ3) is 9.29. The number of nitrogens with two attached hydrogens (primary N) is 1. The lowest BCUT2D eigenvalue weighted by atomic mass is 10.1. The zero-order chi connectivity index (χ0) is 29.1. The number of benzene rings is 3. The Morgan fingerprint density at radius 2 is 1.55 bits per heavy atom. The minimum Gasteiger partial charge on any atom is -0.476 e. The van der Waals surface area contributed by atoms with E-state index in [0.717, 1.165) is 11.1 Å². The van der Waals surface area contributed by atoms with Crippen LogP contribution >= 0.6 is 11.6 Å². The van der Waals surface area contributed by atoms with Gasteiger partial charge in [0.1, 0.15) is 11.9 Å². The fourth-order valence-corrected chi connectivity index (χ4v) is 3.73. The van der Waals surface area contributed by atoms with Crippen LogP contribution in [0.25, 0.3) is 0 Å². The Labute approximate surface area is 238 Å². The van der Waals surface area contributed by atoms with E-state index in [2.05, 4.69) is 5.32 Å². The highest BCUT2D eigenvalue weighted by molar-refractivity contribution is 6.30. The molecule has 40 heavy (non-hydrogen) atoms. The molecule has 1 amide bonds. The summed E-state index contributed by atoms with van der Waals surface area (Å²) in [6, 6.07) is 22.8. The van der Waals surface area contributed by atoms with Gasteiger partial charge in [0, 0.05) is 30.6 Å². The predicted molar refractivity (Wildman–Crippen MR) is 150 cm³/mol. The Morgan fingerprint density at radius 1 is 0.900 bits per heavy atom. The Kier molecular flexibility index (Phi) is 10.9. The number of halogens is 1. The molecule has 0 fully saturated rings. The van der Waals surface area contributed by atoms with E-state index >= 15 is 0 Å². The number of rotatable bonds is 12. The monoisotopic (exact) mass is 568 g/mol. The molecule has 3 rings (SSSR count). The van der Waals surface area contributed by atoms with Crippen LogP contribution in [-0.4, -0.2) is 43.0 Å². The first kappa shape index (κ1) is 30.5. The van der Waals surface area contributed by atoms with Crippen LogP contribution in [0.2, 0.25) is 5.02 Å². The minimum atomic E-state index is -1.38. The predicted octanol–water partition coefficient (Wildman–Crippen LogP) is 5.21.